The van der Waals surface area contributed by atoms with Crippen LogP contribution in [0.25, 0.3) is 10.8 Å². The highest BCUT2D eigenvalue weighted by Crippen LogP contribution is 2.27. The lowest BCUT2D eigenvalue weighted by atomic mass is 9.97. The van der Waals surface area contributed by atoms with E-state index in [0.717, 1.165) is 16.5 Å². The van der Waals surface area contributed by atoms with Crippen molar-refractivity contribution in [1.29, 1.82) is 0 Å². The van der Waals surface area contributed by atoms with E-state index in [1.54, 1.807) is 12.1 Å². The zero-order valence-corrected chi connectivity index (χ0v) is 10.6. The topological polar surface area (TPSA) is 38.0 Å². The van der Waals surface area contributed by atoms with Crippen molar-refractivity contribution in [3.63, 3.8) is 0 Å². The Labute approximate surface area is 106 Å². The van der Waals surface area contributed by atoms with Crippen LogP contribution in [-0.4, -0.2) is 0 Å². The average molecular weight is 244 g/mol. The maximum absolute atomic E-state index is 13.7. The van der Waals surface area contributed by atoms with E-state index in [1.807, 2.05) is 38.1 Å². The lowest BCUT2D eigenvalue weighted by Crippen LogP contribution is -2.27. The summed E-state index contributed by atoms with van der Waals surface area (Å²) in [5, 5.41) is 1.51. The minimum Gasteiger partial charge on any atom is -0.271 e. The molecule has 0 aliphatic rings. The van der Waals surface area contributed by atoms with Crippen molar-refractivity contribution in [3.8, 4) is 0 Å². The van der Waals surface area contributed by atoms with Gasteiger partial charge in [-0.1, -0.05) is 42.0 Å². The molecule has 0 bridgehead atoms. The molecule has 0 saturated carbocycles. The number of hydrogen-bond acceptors (Lipinski definition) is 2. The Hall–Kier alpha value is -1.71. The third-order valence-electron chi connectivity index (χ3n) is 2.92. The molecule has 2 aromatic rings. The molecule has 2 rings (SSSR count). The van der Waals surface area contributed by atoms with Crippen LogP contribution in [0.2, 0.25) is 0 Å². The van der Waals surface area contributed by atoms with Gasteiger partial charge in [-0.05, 0) is 30.9 Å². The van der Waals surface area contributed by atoms with Crippen LogP contribution in [0.4, 0.5) is 4.39 Å². The average Bonchev–Trinajstić information content (AvgIpc) is 2.37. The molecule has 2 aromatic carbocycles. The van der Waals surface area contributed by atoms with Crippen molar-refractivity contribution in [3.05, 3.63) is 59.4 Å². The SMILES string of the molecule is CC(C)=CC(NN)c1ccc(F)c2ccccc12. The van der Waals surface area contributed by atoms with Crippen LogP contribution >= 0.6 is 0 Å². The van der Waals surface area contributed by atoms with Gasteiger partial charge in [-0.3, -0.25) is 5.84 Å². The number of nitrogens with one attached hydrogen (secondary N) is 1. The molecule has 2 nitrogen and oxygen atoms in total. The first-order chi connectivity index (χ1) is 8.63. The second-order valence-corrected chi connectivity index (χ2v) is 4.57. The van der Waals surface area contributed by atoms with E-state index in [0.29, 0.717) is 5.39 Å². The third kappa shape index (κ3) is 2.42. The van der Waals surface area contributed by atoms with Crippen molar-refractivity contribution in [1.82, 2.24) is 5.43 Å². The molecule has 3 N–H and O–H groups in total. The Morgan fingerprint density at radius 3 is 2.44 bits per heavy atom. The molecule has 0 radical (unpaired) electrons. The monoisotopic (exact) mass is 244 g/mol. The second-order valence-electron chi connectivity index (χ2n) is 4.57. The van der Waals surface area contributed by atoms with E-state index in [4.69, 9.17) is 5.84 Å². The van der Waals surface area contributed by atoms with Gasteiger partial charge in [0.25, 0.3) is 0 Å². The smallest absolute Gasteiger partial charge is 0.131 e. The summed E-state index contributed by atoms with van der Waals surface area (Å²) < 4.78 is 13.7. The first-order valence-electron chi connectivity index (χ1n) is 5.92. The molecule has 0 fully saturated rings. The highest BCUT2D eigenvalue weighted by Gasteiger charge is 2.12. The highest BCUT2D eigenvalue weighted by molar-refractivity contribution is 5.86. The van der Waals surface area contributed by atoms with Gasteiger partial charge in [-0.15, -0.1) is 0 Å². The number of rotatable bonds is 3. The molecule has 0 aromatic heterocycles. The molecule has 94 valence electrons. The van der Waals surface area contributed by atoms with E-state index < -0.39 is 0 Å². The summed E-state index contributed by atoms with van der Waals surface area (Å²) in [5.74, 6) is 5.39. The fourth-order valence-corrected chi connectivity index (χ4v) is 2.12. The maximum atomic E-state index is 13.7. The molecule has 18 heavy (non-hydrogen) atoms. The van der Waals surface area contributed by atoms with Crippen LogP contribution < -0.4 is 11.3 Å². The predicted octanol–water partition coefficient (Wildman–Crippen LogP) is 3.45. The summed E-state index contributed by atoms with van der Waals surface area (Å²) >= 11 is 0. The number of halogens is 1. The summed E-state index contributed by atoms with van der Waals surface area (Å²) in [7, 11) is 0. The highest BCUT2D eigenvalue weighted by atomic mass is 19.1. The zero-order valence-electron chi connectivity index (χ0n) is 10.6. The summed E-state index contributed by atoms with van der Waals surface area (Å²) in [6.45, 7) is 4.02. The number of allylic oxidation sites excluding steroid dienone is 1. The van der Waals surface area contributed by atoms with Crippen molar-refractivity contribution in [2.75, 3.05) is 0 Å². The summed E-state index contributed by atoms with van der Waals surface area (Å²) in [5.41, 5.74) is 4.90. The van der Waals surface area contributed by atoms with Crippen molar-refractivity contribution >= 4 is 10.8 Å². The molecule has 1 unspecified atom stereocenters. The number of hydrogen-bond donors (Lipinski definition) is 2. The standard InChI is InChI=1S/C15H17FN2/c1-10(2)9-15(18-17)13-7-8-14(16)12-6-4-3-5-11(12)13/h3-9,15,18H,17H2,1-2H3. The molecule has 0 aliphatic carbocycles. The first-order valence-corrected chi connectivity index (χ1v) is 5.92. The van der Waals surface area contributed by atoms with Gasteiger partial charge in [0.15, 0.2) is 0 Å². The van der Waals surface area contributed by atoms with Gasteiger partial charge < -0.3 is 0 Å². The summed E-state index contributed by atoms with van der Waals surface area (Å²) in [6.07, 6.45) is 2.03. The van der Waals surface area contributed by atoms with Gasteiger partial charge >= 0.3 is 0 Å². The number of benzene rings is 2. The van der Waals surface area contributed by atoms with Gasteiger partial charge in [0, 0.05) is 5.39 Å². The largest absolute Gasteiger partial charge is 0.271 e. The van der Waals surface area contributed by atoms with E-state index in [1.165, 1.54) is 6.07 Å². The molecule has 0 heterocycles. The molecular formula is C15H17FN2. The molecule has 3 heteroatoms. The Balaban J connectivity index is 2.64. The fourth-order valence-electron chi connectivity index (χ4n) is 2.12. The van der Waals surface area contributed by atoms with Gasteiger partial charge in [0.1, 0.15) is 5.82 Å². The molecular weight excluding hydrogens is 227 g/mol. The van der Waals surface area contributed by atoms with E-state index in [9.17, 15) is 4.39 Å². The molecule has 0 spiro atoms. The number of nitrogens with two attached hydrogens (primary N) is 1. The predicted molar refractivity (Wildman–Crippen MR) is 73.4 cm³/mol. The Morgan fingerprint density at radius 2 is 1.83 bits per heavy atom. The van der Waals surface area contributed by atoms with Crippen LogP contribution in [0.3, 0.4) is 0 Å². The minimum absolute atomic E-state index is 0.111. The van der Waals surface area contributed by atoms with Gasteiger partial charge in [0.05, 0.1) is 6.04 Å². The van der Waals surface area contributed by atoms with Crippen LogP contribution in [0.15, 0.2) is 48.0 Å². The molecule has 0 aliphatic heterocycles. The second kappa shape index (κ2) is 5.29. The van der Waals surface area contributed by atoms with Crippen molar-refractivity contribution in [2.45, 2.75) is 19.9 Å². The number of hydrazine groups is 1. The Morgan fingerprint density at radius 1 is 1.17 bits per heavy atom. The lowest BCUT2D eigenvalue weighted by Gasteiger charge is -2.16. The van der Waals surface area contributed by atoms with Crippen molar-refractivity contribution < 1.29 is 4.39 Å². The first kappa shape index (κ1) is 12.7. The molecule has 1 atom stereocenters. The summed E-state index contributed by atoms with van der Waals surface area (Å²) in [6, 6.07) is 10.6. The molecule has 0 saturated heterocycles. The normalized spacial score (nSPS) is 12.4. The van der Waals surface area contributed by atoms with Crippen LogP contribution in [0.5, 0.6) is 0 Å². The van der Waals surface area contributed by atoms with Crippen LogP contribution in [0, 0.1) is 5.82 Å². The lowest BCUT2D eigenvalue weighted by molar-refractivity contribution is 0.633. The van der Waals surface area contributed by atoms with Gasteiger partial charge in [-0.2, -0.15) is 0 Å². The Bertz CT molecular complexity index is 586. The number of fused-ring (bicyclic) bond motifs is 1. The fraction of sp³-hybridized carbons (Fsp3) is 0.200. The molecule has 0 amide bonds. The third-order valence-corrected chi connectivity index (χ3v) is 2.92. The van der Waals surface area contributed by atoms with Crippen LogP contribution in [0.1, 0.15) is 25.5 Å². The summed E-state index contributed by atoms with van der Waals surface area (Å²) in [4.78, 5) is 0. The van der Waals surface area contributed by atoms with Gasteiger partial charge in [0.2, 0.25) is 0 Å². The Kier molecular flexibility index (Phi) is 3.75. The minimum atomic E-state index is -0.206. The van der Waals surface area contributed by atoms with Crippen molar-refractivity contribution in [2.24, 2.45) is 5.84 Å². The van der Waals surface area contributed by atoms with E-state index in [2.05, 4.69) is 5.43 Å². The van der Waals surface area contributed by atoms with E-state index >= 15 is 0 Å². The van der Waals surface area contributed by atoms with Crippen LogP contribution in [-0.2, 0) is 0 Å². The van der Waals surface area contributed by atoms with E-state index in [-0.39, 0.29) is 11.9 Å². The quantitative estimate of drug-likeness (QED) is 0.493. The zero-order chi connectivity index (χ0) is 13.1. The maximum Gasteiger partial charge on any atom is 0.131 e. The van der Waals surface area contributed by atoms with Gasteiger partial charge in [-0.25, -0.2) is 9.82 Å².